The standard InChI is InChI=1S/C25H37N3O5/c1-25(2,3)17-21(26-24(31)32)23(30)28-14-12-27(13-15-28)11-4-16-33-20-9-7-19(8-10-20)22(29)18-5-6-18/h7-10,18,21,26H,4-6,11-17H2,1-3H3,(H,31,32)/t21-/m1/s1. The fraction of sp³-hybridized carbons (Fsp3) is 0.640. The number of rotatable bonds is 10. The van der Waals surface area contributed by atoms with Crippen molar-refractivity contribution in [3.63, 3.8) is 0 Å². The SMILES string of the molecule is CC(C)(C)C[C@@H](NC(=O)O)C(=O)N1CCN(CCCOc2ccc(C(=O)C3CC3)cc2)CC1. The molecule has 2 aliphatic rings. The molecule has 0 spiro atoms. The predicted molar refractivity (Wildman–Crippen MR) is 126 cm³/mol. The summed E-state index contributed by atoms with van der Waals surface area (Å²) in [6.07, 6.45) is 2.18. The molecule has 8 heteroatoms. The van der Waals surface area contributed by atoms with Gasteiger partial charge >= 0.3 is 6.09 Å². The van der Waals surface area contributed by atoms with Gasteiger partial charge in [-0.2, -0.15) is 0 Å². The number of hydrogen-bond donors (Lipinski definition) is 2. The van der Waals surface area contributed by atoms with Crippen molar-refractivity contribution in [2.75, 3.05) is 39.3 Å². The van der Waals surface area contributed by atoms with Gasteiger partial charge in [-0.25, -0.2) is 4.79 Å². The van der Waals surface area contributed by atoms with Crippen LogP contribution in [-0.2, 0) is 4.79 Å². The van der Waals surface area contributed by atoms with E-state index in [0.29, 0.717) is 26.1 Å². The summed E-state index contributed by atoms with van der Waals surface area (Å²) in [5.41, 5.74) is 0.609. The number of carbonyl (C=O) groups is 3. The van der Waals surface area contributed by atoms with Gasteiger partial charge in [-0.05, 0) is 55.4 Å². The second-order valence-corrected chi connectivity index (χ2v) is 10.3. The first-order valence-electron chi connectivity index (χ1n) is 11.9. The number of hydrogen-bond acceptors (Lipinski definition) is 5. The Morgan fingerprint density at radius 3 is 2.27 bits per heavy atom. The maximum atomic E-state index is 12.9. The molecule has 8 nitrogen and oxygen atoms in total. The lowest BCUT2D eigenvalue weighted by Gasteiger charge is -2.37. The fourth-order valence-corrected chi connectivity index (χ4v) is 4.15. The van der Waals surface area contributed by atoms with Crippen LogP contribution in [0, 0.1) is 11.3 Å². The van der Waals surface area contributed by atoms with Gasteiger partial charge < -0.3 is 20.1 Å². The van der Waals surface area contributed by atoms with E-state index in [0.717, 1.165) is 50.2 Å². The molecule has 1 aliphatic carbocycles. The lowest BCUT2D eigenvalue weighted by Crippen LogP contribution is -2.55. The number of piperazine rings is 1. The summed E-state index contributed by atoms with van der Waals surface area (Å²) in [6.45, 7) is 10.2. The van der Waals surface area contributed by atoms with Crippen molar-refractivity contribution in [2.24, 2.45) is 11.3 Å². The van der Waals surface area contributed by atoms with Gasteiger partial charge in [-0.3, -0.25) is 14.5 Å². The Morgan fingerprint density at radius 1 is 1.09 bits per heavy atom. The third-order valence-electron chi connectivity index (χ3n) is 6.07. The first-order valence-corrected chi connectivity index (χ1v) is 11.9. The summed E-state index contributed by atoms with van der Waals surface area (Å²) in [7, 11) is 0. The molecule has 1 saturated carbocycles. The average Bonchev–Trinajstić information content (AvgIpc) is 3.60. The Hall–Kier alpha value is -2.61. The molecular weight excluding hydrogens is 422 g/mol. The molecule has 0 aromatic heterocycles. The van der Waals surface area contributed by atoms with E-state index in [1.165, 1.54) is 0 Å². The first kappa shape index (κ1) is 25.0. The smallest absolute Gasteiger partial charge is 0.405 e. The van der Waals surface area contributed by atoms with Crippen LogP contribution in [0.5, 0.6) is 5.75 Å². The topological polar surface area (TPSA) is 99.2 Å². The van der Waals surface area contributed by atoms with Crippen LogP contribution in [0.25, 0.3) is 0 Å². The normalized spacial score (nSPS) is 18.0. The predicted octanol–water partition coefficient (Wildman–Crippen LogP) is 3.26. The molecule has 1 aromatic rings. The first-order chi connectivity index (χ1) is 15.6. The van der Waals surface area contributed by atoms with Gasteiger partial charge in [0.05, 0.1) is 6.61 Å². The maximum absolute atomic E-state index is 12.9. The van der Waals surface area contributed by atoms with Crippen LogP contribution in [0.2, 0.25) is 0 Å². The van der Waals surface area contributed by atoms with Crippen molar-refractivity contribution < 1.29 is 24.2 Å². The molecule has 2 fully saturated rings. The van der Waals surface area contributed by atoms with Crippen molar-refractivity contribution in [1.82, 2.24) is 15.1 Å². The molecule has 0 unspecified atom stereocenters. The molecule has 1 aliphatic heterocycles. The number of amides is 2. The van der Waals surface area contributed by atoms with Crippen LogP contribution >= 0.6 is 0 Å². The number of nitrogens with one attached hydrogen (secondary N) is 1. The minimum Gasteiger partial charge on any atom is -0.494 e. The van der Waals surface area contributed by atoms with Gasteiger partial charge in [0, 0.05) is 44.2 Å². The Morgan fingerprint density at radius 2 is 1.73 bits per heavy atom. The van der Waals surface area contributed by atoms with Gasteiger partial charge in [0.2, 0.25) is 5.91 Å². The molecule has 1 saturated heterocycles. The largest absolute Gasteiger partial charge is 0.494 e. The second-order valence-electron chi connectivity index (χ2n) is 10.3. The number of Topliss-reactive ketones (excluding diaryl/α,β-unsaturated/α-hetero) is 1. The fourth-order valence-electron chi connectivity index (χ4n) is 4.15. The number of carbonyl (C=O) groups excluding carboxylic acids is 2. The van der Waals surface area contributed by atoms with E-state index < -0.39 is 12.1 Å². The zero-order valence-electron chi connectivity index (χ0n) is 20.0. The highest BCUT2D eigenvalue weighted by molar-refractivity contribution is 5.99. The molecule has 33 heavy (non-hydrogen) atoms. The zero-order chi connectivity index (χ0) is 24.0. The summed E-state index contributed by atoms with van der Waals surface area (Å²) < 4.78 is 5.82. The third kappa shape index (κ3) is 8.03. The van der Waals surface area contributed by atoms with Crippen molar-refractivity contribution in [3.05, 3.63) is 29.8 Å². The highest BCUT2D eigenvalue weighted by atomic mass is 16.5. The number of benzene rings is 1. The van der Waals surface area contributed by atoms with Crippen molar-refractivity contribution >= 4 is 17.8 Å². The van der Waals surface area contributed by atoms with Crippen molar-refractivity contribution in [3.8, 4) is 5.75 Å². The van der Waals surface area contributed by atoms with E-state index in [9.17, 15) is 14.4 Å². The van der Waals surface area contributed by atoms with E-state index in [1.807, 2.05) is 45.0 Å². The van der Waals surface area contributed by atoms with Gasteiger partial charge in [0.25, 0.3) is 0 Å². The number of ether oxygens (including phenoxy) is 1. The van der Waals surface area contributed by atoms with E-state index in [1.54, 1.807) is 4.90 Å². The molecule has 3 rings (SSSR count). The minimum atomic E-state index is -1.17. The summed E-state index contributed by atoms with van der Waals surface area (Å²) in [4.78, 5) is 40.2. The number of carboxylic acid groups (broad SMARTS) is 1. The van der Waals surface area contributed by atoms with E-state index in [-0.39, 0.29) is 23.0 Å². The zero-order valence-corrected chi connectivity index (χ0v) is 20.0. The van der Waals surface area contributed by atoms with Crippen LogP contribution in [0.15, 0.2) is 24.3 Å². The lowest BCUT2D eigenvalue weighted by atomic mass is 9.87. The third-order valence-corrected chi connectivity index (χ3v) is 6.07. The summed E-state index contributed by atoms with van der Waals surface area (Å²) in [5.74, 6) is 1.10. The Bertz CT molecular complexity index is 821. The van der Waals surface area contributed by atoms with Crippen LogP contribution in [0.4, 0.5) is 4.79 Å². The molecule has 0 bridgehead atoms. The average molecular weight is 460 g/mol. The Labute approximate surface area is 196 Å². The van der Waals surface area contributed by atoms with Crippen LogP contribution in [-0.4, -0.2) is 78.1 Å². The number of ketones is 1. The highest BCUT2D eigenvalue weighted by Crippen LogP contribution is 2.32. The van der Waals surface area contributed by atoms with Gasteiger partial charge in [-0.1, -0.05) is 20.8 Å². The van der Waals surface area contributed by atoms with Gasteiger partial charge in [-0.15, -0.1) is 0 Å². The highest BCUT2D eigenvalue weighted by Gasteiger charge is 2.32. The molecule has 1 atom stereocenters. The Kier molecular flexibility index (Phi) is 8.35. The van der Waals surface area contributed by atoms with E-state index in [4.69, 9.17) is 9.84 Å². The molecule has 1 heterocycles. The van der Waals surface area contributed by atoms with E-state index >= 15 is 0 Å². The van der Waals surface area contributed by atoms with Crippen molar-refractivity contribution in [1.29, 1.82) is 0 Å². The summed E-state index contributed by atoms with van der Waals surface area (Å²) >= 11 is 0. The molecule has 1 aromatic carbocycles. The van der Waals surface area contributed by atoms with Crippen LogP contribution in [0.3, 0.4) is 0 Å². The molecule has 2 amide bonds. The molecule has 0 radical (unpaired) electrons. The van der Waals surface area contributed by atoms with Gasteiger partial charge in [0.15, 0.2) is 5.78 Å². The number of nitrogens with zero attached hydrogens (tertiary/aromatic N) is 2. The second kappa shape index (κ2) is 11.0. The Balaban J connectivity index is 1.36. The summed E-state index contributed by atoms with van der Waals surface area (Å²) in [6, 6.07) is 6.70. The van der Waals surface area contributed by atoms with Crippen LogP contribution in [0.1, 0.15) is 56.8 Å². The monoisotopic (exact) mass is 459 g/mol. The molecule has 182 valence electrons. The summed E-state index contributed by atoms with van der Waals surface area (Å²) in [5, 5.41) is 11.5. The van der Waals surface area contributed by atoms with Crippen molar-refractivity contribution in [2.45, 2.75) is 52.5 Å². The molecular formula is C25H37N3O5. The molecule has 2 N–H and O–H groups in total. The quantitative estimate of drug-likeness (QED) is 0.412. The van der Waals surface area contributed by atoms with Gasteiger partial charge in [0.1, 0.15) is 11.8 Å². The lowest BCUT2D eigenvalue weighted by molar-refractivity contribution is -0.135. The minimum absolute atomic E-state index is 0.140. The maximum Gasteiger partial charge on any atom is 0.405 e. The van der Waals surface area contributed by atoms with E-state index in [2.05, 4.69) is 10.2 Å². The van der Waals surface area contributed by atoms with Crippen LogP contribution < -0.4 is 10.1 Å².